The van der Waals surface area contributed by atoms with Crippen molar-refractivity contribution < 1.29 is 14.1 Å². The second-order valence-electron chi connectivity index (χ2n) is 9.65. The maximum atomic E-state index is 12.3. The molecule has 5 rings (SSSR count). The van der Waals surface area contributed by atoms with Crippen molar-refractivity contribution in [2.24, 2.45) is 5.92 Å². The van der Waals surface area contributed by atoms with Crippen LogP contribution in [-0.4, -0.2) is 20.9 Å². The number of nitro groups is 1. The standard InChI is InChI=1S/C29H27N5O4S/c1-17(2)28(35)31-22-12-11-21(16-18(22)3)33-27(26(32-29(33)39)23-6-4-5-15-30-23)25-14-13-24(38-25)19-7-9-20(10-8-19)34(36)37/h4-17,26-27H,1-3H3,(H,31,35)(H,32,39)/t26-,27+/m1/s1. The molecule has 4 aromatic rings. The first-order valence-corrected chi connectivity index (χ1v) is 12.9. The van der Waals surface area contributed by atoms with Crippen LogP contribution in [0, 0.1) is 23.0 Å². The zero-order valence-electron chi connectivity index (χ0n) is 21.6. The lowest BCUT2D eigenvalue weighted by Crippen LogP contribution is -2.29. The van der Waals surface area contributed by atoms with Crippen LogP contribution in [0.25, 0.3) is 11.3 Å². The van der Waals surface area contributed by atoms with Crippen LogP contribution < -0.4 is 15.5 Å². The number of rotatable bonds is 7. The SMILES string of the molecule is Cc1cc(N2C(=S)N[C@H](c3ccccn3)[C@@H]2c2ccc(-c3ccc([N+](=O)[O-])cc3)o2)ccc1NC(=O)C(C)C. The quantitative estimate of drug-likeness (QED) is 0.159. The number of carbonyl (C=O) groups excluding carboxylic acids is 1. The van der Waals surface area contributed by atoms with Crippen molar-refractivity contribution in [2.45, 2.75) is 32.9 Å². The predicted molar refractivity (Wildman–Crippen MR) is 153 cm³/mol. The van der Waals surface area contributed by atoms with Gasteiger partial charge in [-0.15, -0.1) is 0 Å². The van der Waals surface area contributed by atoms with Crippen LogP contribution in [0.15, 0.2) is 83.4 Å². The highest BCUT2D eigenvalue weighted by atomic mass is 32.1. The first kappa shape index (κ1) is 26.1. The molecule has 0 radical (unpaired) electrons. The van der Waals surface area contributed by atoms with Gasteiger partial charge in [-0.3, -0.25) is 19.9 Å². The van der Waals surface area contributed by atoms with Gasteiger partial charge in [0.1, 0.15) is 17.6 Å². The van der Waals surface area contributed by atoms with E-state index in [1.165, 1.54) is 12.1 Å². The number of nitro benzene ring substituents is 1. The Bertz CT molecular complexity index is 1540. The van der Waals surface area contributed by atoms with E-state index in [0.29, 0.717) is 16.6 Å². The van der Waals surface area contributed by atoms with E-state index in [1.54, 1.807) is 18.3 Å². The molecular weight excluding hydrogens is 514 g/mol. The Labute approximate surface area is 231 Å². The van der Waals surface area contributed by atoms with Gasteiger partial charge in [0.25, 0.3) is 5.69 Å². The zero-order chi connectivity index (χ0) is 27.7. The van der Waals surface area contributed by atoms with Crippen molar-refractivity contribution in [3.8, 4) is 11.3 Å². The highest BCUT2D eigenvalue weighted by Gasteiger charge is 2.42. The molecule has 0 unspecified atom stereocenters. The van der Waals surface area contributed by atoms with Crippen molar-refractivity contribution in [1.29, 1.82) is 0 Å². The Morgan fingerprint density at radius 1 is 1.13 bits per heavy atom. The van der Waals surface area contributed by atoms with E-state index in [-0.39, 0.29) is 29.6 Å². The molecular formula is C29H27N5O4S. The molecule has 1 aliphatic rings. The van der Waals surface area contributed by atoms with Gasteiger partial charge in [0.2, 0.25) is 5.91 Å². The van der Waals surface area contributed by atoms with Crippen molar-refractivity contribution in [1.82, 2.24) is 10.3 Å². The lowest BCUT2D eigenvalue weighted by molar-refractivity contribution is -0.384. The van der Waals surface area contributed by atoms with Crippen LogP contribution in [0.5, 0.6) is 0 Å². The number of carbonyl (C=O) groups is 1. The normalized spacial score (nSPS) is 16.8. The number of thiocarbonyl (C=S) groups is 1. The number of anilines is 2. The summed E-state index contributed by atoms with van der Waals surface area (Å²) in [5.74, 6) is 1.06. The molecule has 2 N–H and O–H groups in total. The van der Waals surface area contributed by atoms with E-state index in [4.69, 9.17) is 16.6 Å². The smallest absolute Gasteiger partial charge is 0.269 e. The highest BCUT2D eigenvalue weighted by molar-refractivity contribution is 7.80. The summed E-state index contributed by atoms with van der Waals surface area (Å²) in [6, 6.07) is 20.8. The molecule has 1 aliphatic heterocycles. The molecule has 1 fully saturated rings. The summed E-state index contributed by atoms with van der Waals surface area (Å²) in [5, 5.41) is 18.0. The van der Waals surface area contributed by atoms with Gasteiger partial charge in [-0.25, -0.2) is 0 Å². The van der Waals surface area contributed by atoms with Crippen LogP contribution in [-0.2, 0) is 4.79 Å². The molecule has 1 saturated heterocycles. The molecule has 2 aromatic carbocycles. The first-order valence-electron chi connectivity index (χ1n) is 12.5. The second-order valence-corrected chi connectivity index (χ2v) is 10.0. The third-order valence-corrected chi connectivity index (χ3v) is 6.96. The molecule has 3 heterocycles. The van der Waals surface area contributed by atoms with Gasteiger partial charge in [-0.1, -0.05) is 19.9 Å². The lowest BCUT2D eigenvalue weighted by Gasteiger charge is -2.27. The lowest BCUT2D eigenvalue weighted by atomic mass is 10.0. The van der Waals surface area contributed by atoms with Gasteiger partial charge >= 0.3 is 0 Å². The average Bonchev–Trinajstić information content (AvgIpc) is 3.55. The summed E-state index contributed by atoms with van der Waals surface area (Å²) >= 11 is 5.81. The summed E-state index contributed by atoms with van der Waals surface area (Å²) in [4.78, 5) is 29.5. The maximum Gasteiger partial charge on any atom is 0.269 e. The van der Waals surface area contributed by atoms with Gasteiger partial charge in [0.15, 0.2) is 5.11 Å². The molecule has 0 spiro atoms. The predicted octanol–water partition coefficient (Wildman–Crippen LogP) is 6.33. The molecule has 1 amide bonds. The fourth-order valence-corrected chi connectivity index (χ4v) is 4.90. The monoisotopic (exact) mass is 541 g/mol. The third-order valence-electron chi connectivity index (χ3n) is 6.65. The van der Waals surface area contributed by atoms with Gasteiger partial charge < -0.3 is 20.0 Å². The van der Waals surface area contributed by atoms with Crippen molar-refractivity contribution in [3.05, 3.63) is 106 Å². The van der Waals surface area contributed by atoms with Crippen LogP contribution in [0.1, 0.15) is 42.9 Å². The number of pyridine rings is 1. The number of amides is 1. The van der Waals surface area contributed by atoms with Crippen molar-refractivity contribution in [2.75, 3.05) is 10.2 Å². The summed E-state index contributed by atoms with van der Waals surface area (Å²) in [5.41, 5.74) is 4.02. The van der Waals surface area contributed by atoms with E-state index >= 15 is 0 Å². The van der Waals surface area contributed by atoms with E-state index in [2.05, 4.69) is 15.6 Å². The molecule has 0 aliphatic carbocycles. The van der Waals surface area contributed by atoms with Gasteiger partial charge in [0, 0.05) is 41.2 Å². The summed E-state index contributed by atoms with van der Waals surface area (Å²) in [6.45, 7) is 5.64. The number of aryl methyl sites for hydroxylation is 1. The topological polar surface area (TPSA) is 114 Å². The molecule has 10 heteroatoms. The Morgan fingerprint density at radius 2 is 1.90 bits per heavy atom. The number of benzene rings is 2. The Hall–Kier alpha value is -4.57. The van der Waals surface area contributed by atoms with Crippen LogP contribution in [0.3, 0.4) is 0 Å². The highest BCUT2D eigenvalue weighted by Crippen LogP contribution is 2.43. The number of nitrogens with zero attached hydrogens (tertiary/aromatic N) is 3. The third kappa shape index (κ3) is 5.23. The van der Waals surface area contributed by atoms with Crippen molar-refractivity contribution >= 4 is 40.3 Å². The van der Waals surface area contributed by atoms with E-state index in [1.807, 2.05) is 74.2 Å². The fraction of sp³-hybridized carbons (Fsp3) is 0.207. The largest absolute Gasteiger partial charge is 0.459 e. The molecule has 39 heavy (non-hydrogen) atoms. The molecule has 0 bridgehead atoms. The minimum absolute atomic E-state index is 0.0145. The molecule has 0 saturated carbocycles. The van der Waals surface area contributed by atoms with Crippen LogP contribution >= 0.6 is 12.2 Å². The number of hydrogen-bond donors (Lipinski definition) is 2. The number of hydrogen-bond acceptors (Lipinski definition) is 6. The molecule has 9 nitrogen and oxygen atoms in total. The number of aromatic nitrogens is 1. The summed E-state index contributed by atoms with van der Waals surface area (Å²) < 4.78 is 6.34. The molecule has 2 aromatic heterocycles. The summed E-state index contributed by atoms with van der Waals surface area (Å²) in [7, 11) is 0. The molecule has 198 valence electrons. The van der Waals surface area contributed by atoms with Gasteiger partial charge in [0.05, 0.1) is 16.7 Å². The fourth-order valence-electron chi connectivity index (χ4n) is 4.55. The number of non-ortho nitro benzene ring substituents is 1. The Balaban J connectivity index is 1.53. The average molecular weight is 542 g/mol. The minimum Gasteiger partial charge on any atom is -0.459 e. The van der Waals surface area contributed by atoms with Crippen LogP contribution in [0.4, 0.5) is 17.1 Å². The number of nitrogens with one attached hydrogen (secondary N) is 2. The molecule has 2 atom stereocenters. The Kier molecular flexibility index (Phi) is 7.12. The zero-order valence-corrected chi connectivity index (χ0v) is 22.4. The van der Waals surface area contributed by atoms with Gasteiger partial charge in [-0.2, -0.15) is 0 Å². The van der Waals surface area contributed by atoms with E-state index in [9.17, 15) is 14.9 Å². The van der Waals surface area contributed by atoms with Crippen molar-refractivity contribution in [3.63, 3.8) is 0 Å². The Morgan fingerprint density at radius 3 is 2.54 bits per heavy atom. The minimum atomic E-state index is -0.431. The summed E-state index contributed by atoms with van der Waals surface area (Å²) in [6.07, 6.45) is 1.74. The second kappa shape index (κ2) is 10.7. The van der Waals surface area contributed by atoms with Crippen LogP contribution in [0.2, 0.25) is 0 Å². The van der Waals surface area contributed by atoms with E-state index in [0.717, 1.165) is 28.2 Å². The first-order chi connectivity index (χ1) is 18.7. The van der Waals surface area contributed by atoms with E-state index < -0.39 is 4.92 Å². The maximum absolute atomic E-state index is 12.3. The van der Waals surface area contributed by atoms with Gasteiger partial charge in [-0.05, 0) is 79.3 Å². The number of furan rings is 1.